The summed E-state index contributed by atoms with van der Waals surface area (Å²) in [6, 6.07) is 14.5. The van der Waals surface area contributed by atoms with Gasteiger partial charge < -0.3 is 5.32 Å². The Morgan fingerprint density at radius 1 is 1.21 bits per heavy atom. The standard InChI is InChI=1S/C15H13BrN2S/c1-10-6-7-11(16)13(8-10)17-9-15-18-12-4-2-3-5-14(12)19-15/h2-8,17H,9H2,1H3. The van der Waals surface area contributed by atoms with Crippen LogP contribution in [0.3, 0.4) is 0 Å². The van der Waals surface area contributed by atoms with Crippen molar-refractivity contribution in [2.24, 2.45) is 0 Å². The van der Waals surface area contributed by atoms with Crippen molar-refractivity contribution in [3.63, 3.8) is 0 Å². The van der Waals surface area contributed by atoms with Gasteiger partial charge in [-0.25, -0.2) is 4.98 Å². The minimum Gasteiger partial charge on any atom is -0.378 e. The monoisotopic (exact) mass is 332 g/mol. The van der Waals surface area contributed by atoms with Crippen LogP contribution in [0.4, 0.5) is 5.69 Å². The lowest BCUT2D eigenvalue weighted by Gasteiger charge is -2.07. The van der Waals surface area contributed by atoms with Gasteiger partial charge in [0.1, 0.15) is 5.01 Å². The van der Waals surface area contributed by atoms with Crippen molar-refractivity contribution in [1.82, 2.24) is 4.98 Å². The van der Waals surface area contributed by atoms with E-state index in [1.54, 1.807) is 11.3 Å². The lowest BCUT2D eigenvalue weighted by Crippen LogP contribution is -1.99. The van der Waals surface area contributed by atoms with Gasteiger partial charge in [-0.15, -0.1) is 11.3 Å². The zero-order chi connectivity index (χ0) is 13.2. The number of hydrogen-bond donors (Lipinski definition) is 1. The fourth-order valence-electron chi connectivity index (χ4n) is 1.94. The number of anilines is 1. The molecule has 0 amide bonds. The van der Waals surface area contributed by atoms with Crippen LogP contribution in [-0.4, -0.2) is 4.98 Å². The van der Waals surface area contributed by atoms with Gasteiger partial charge >= 0.3 is 0 Å². The van der Waals surface area contributed by atoms with Crippen LogP contribution in [0.2, 0.25) is 0 Å². The van der Waals surface area contributed by atoms with E-state index in [4.69, 9.17) is 0 Å². The normalized spacial score (nSPS) is 10.8. The molecule has 0 radical (unpaired) electrons. The molecule has 1 aromatic heterocycles. The molecule has 1 N–H and O–H groups in total. The topological polar surface area (TPSA) is 24.9 Å². The molecule has 0 atom stereocenters. The highest BCUT2D eigenvalue weighted by Crippen LogP contribution is 2.26. The summed E-state index contributed by atoms with van der Waals surface area (Å²) in [5.41, 5.74) is 3.43. The van der Waals surface area contributed by atoms with E-state index in [2.05, 4.69) is 69.6 Å². The van der Waals surface area contributed by atoms with Gasteiger partial charge in [0.2, 0.25) is 0 Å². The summed E-state index contributed by atoms with van der Waals surface area (Å²) in [6.45, 7) is 2.84. The van der Waals surface area contributed by atoms with E-state index in [1.165, 1.54) is 10.3 Å². The highest BCUT2D eigenvalue weighted by atomic mass is 79.9. The number of thiazole rings is 1. The maximum Gasteiger partial charge on any atom is 0.113 e. The van der Waals surface area contributed by atoms with Gasteiger partial charge in [0.05, 0.1) is 16.8 Å². The number of benzene rings is 2. The minimum absolute atomic E-state index is 0.751. The third kappa shape index (κ3) is 2.80. The molecule has 0 unspecified atom stereocenters. The van der Waals surface area contributed by atoms with Crippen LogP contribution in [0.15, 0.2) is 46.9 Å². The Hall–Kier alpha value is -1.39. The fourth-order valence-corrected chi connectivity index (χ4v) is 3.23. The molecule has 19 heavy (non-hydrogen) atoms. The molecule has 2 aromatic carbocycles. The Morgan fingerprint density at radius 2 is 2.05 bits per heavy atom. The molecule has 0 aliphatic carbocycles. The number of aromatic nitrogens is 1. The quantitative estimate of drug-likeness (QED) is 0.731. The van der Waals surface area contributed by atoms with E-state index in [0.29, 0.717) is 0 Å². The van der Waals surface area contributed by atoms with Gasteiger partial charge in [-0.2, -0.15) is 0 Å². The summed E-state index contributed by atoms with van der Waals surface area (Å²) in [6.07, 6.45) is 0. The highest BCUT2D eigenvalue weighted by Gasteiger charge is 2.04. The van der Waals surface area contributed by atoms with Gasteiger partial charge in [0, 0.05) is 10.2 Å². The van der Waals surface area contributed by atoms with Crippen molar-refractivity contribution in [1.29, 1.82) is 0 Å². The summed E-state index contributed by atoms with van der Waals surface area (Å²) in [7, 11) is 0. The van der Waals surface area contributed by atoms with Crippen LogP contribution in [0.5, 0.6) is 0 Å². The van der Waals surface area contributed by atoms with Crippen LogP contribution in [0.1, 0.15) is 10.6 Å². The fraction of sp³-hybridized carbons (Fsp3) is 0.133. The van der Waals surface area contributed by atoms with Crippen LogP contribution in [0.25, 0.3) is 10.2 Å². The van der Waals surface area contributed by atoms with E-state index in [0.717, 1.165) is 27.2 Å². The summed E-state index contributed by atoms with van der Waals surface area (Å²) in [4.78, 5) is 4.62. The molecule has 3 rings (SSSR count). The Morgan fingerprint density at radius 3 is 2.89 bits per heavy atom. The van der Waals surface area contributed by atoms with Crippen molar-refractivity contribution >= 4 is 43.2 Å². The molecule has 0 spiro atoms. The van der Waals surface area contributed by atoms with E-state index >= 15 is 0 Å². The third-order valence-electron chi connectivity index (χ3n) is 2.89. The minimum atomic E-state index is 0.751. The Balaban J connectivity index is 1.80. The number of hydrogen-bond acceptors (Lipinski definition) is 3. The Labute approximate surface area is 124 Å². The maximum atomic E-state index is 4.62. The first kappa shape index (κ1) is 12.6. The number of aryl methyl sites for hydroxylation is 1. The highest BCUT2D eigenvalue weighted by molar-refractivity contribution is 9.10. The zero-order valence-corrected chi connectivity index (χ0v) is 12.9. The number of fused-ring (bicyclic) bond motifs is 1. The van der Waals surface area contributed by atoms with Crippen molar-refractivity contribution in [3.8, 4) is 0 Å². The van der Waals surface area contributed by atoms with E-state index < -0.39 is 0 Å². The van der Waals surface area contributed by atoms with Crippen molar-refractivity contribution in [3.05, 3.63) is 57.5 Å². The van der Waals surface area contributed by atoms with E-state index in [1.807, 2.05) is 6.07 Å². The van der Waals surface area contributed by atoms with Crippen molar-refractivity contribution in [2.45, 2.75) is 13.5 Å². The zero-order valence-electron chi connectivity index (χ0n) is 10.5. The molecule has 0 fully saturated rings. The first-order valence-electron chi connectivity index (χ1n) is 6.07. The lowest BCUT2D eigenvalue weighted by molar-refractivity contribution is 1.11. The first-order chi connectivity index (χ1) is 9.22. The predicted octanol–water partition coefficient (Wildman–Crippen LogP) is 4.98. The van der Waals surface area contributed by atoms with Crippen molar-refractivity contribution < 1.29 is 0 Å². The van der Waals surface area contributed by atoms with Crippen LogP contribution in [0, 0.1) is 6.92 Å². The summed E-state index contributed by atoms with van der Waals surface area (Å²) in [5, 5.41) is 4.54. The molecule has 0 aliphatic heterocycles. The first-order valence-corrected chi connectivity index (χ1v) is 7.68. The van der Waals surface area contributed by atoms with Crippen LogP contribution >= 0.6 is 27.3 Å². The SMILES string of the molecule is Cc1ccc(Br)c(NCc2nc3ccccc3s2)c1. The smallest absolute Gasteiger partial charge is 0.113 e. The van der Waals surface area contributed by atoms with Gasteiger partial charge in [0.25, 0.3) is 0 Å². The lowest BCUT2D eigenvalue weighted by atomic mass is 10.2. The average molecular weight is 333 g/mol. The molecular formula is C15H13BrN2S. The Kier molecular flexibility index (Phi) is 3.53. The number of halogens is 1. The van der Waals surface area contributed by atoms with Gasteiger partial charge in [0.15, 0.2) is 0 Å². The number of nitrogens with one attached hydrogen (secondary N) is 1. The molecule has 2 nitrogen and oxygen atoms in total. The third-order valence-corrected chi connectivity index (χ3v) is 4.62. The summed E-state index contributed by atoms with van der Waals surface area (Å²) < 4.78 is 2.32. The van der Waals surface area contributed by atoms with E-state index in [9.17, 15) is 0 Å². The molecule has 0 saturated heterocycles. The molecule has 0 saturated carbocycles. The second-order valence-electron chi connectivity index (χ2n) is 4.41. The molecule has 3 aromatic rings. The molecule has 0 aliphatic rings. The van der Waals surface area contributed by atoms with E-state index in [-0.39, 0.29) is 0 Å². The van der Waals surface area contributed by atoms with Gasteiger partial charge in [-0.3, -0.25) is 0 Å². The Bertz CT molecular complexity index is 688. The second kappa shape index (κ2) is 5.31. The van der Waals surface area contributed by atoms with Crippen molar-refractivity contribution in [2.75, 3.05) is 5.32 Å². The summed E-state index contributed by atoms with van der Waals surface area (Å²) in [5.74, 6) is 0. The maximum absolute atomic E-state index is 4.62. The predicted molar refractivity (Wildman–Crippen MR) is 85.8 cm³/mol. The number of rotatable bonds is 3. The van der Waals surface area contributed by atoms with Crippen LogP contribution < -0.4 is 5.32 Å². The second-order valence-corrected chi connectivity index (χ2v) is 6.38. The molecular weight excluding hydrogens is 320 g/mol. The van der Waals surface area contributed by atoms with Crippen LogP contribution in [-0.2, 0) is 6.54 Å². The molecule has 1 heterocycles. The number of para-hydroxylation sites is 1. The largest absolute Gasteiger partial charge is 0.378 e. The molecule has 4 heteroatoms. The van der Waals surface area contributed by atoms with Gasteiger partial charge in [-0.05, 0) is 52.7 Å². The van der Waals surface area contributed by atoms with Gasteiger partial charge in [-0.1, -0.05) is 18.2 Å². The molecule has 96 valence electrons. The molecule has 0 bridgehead atoms. The summed E-state index contributed by atoms with van der Waals surface area (Å²) >= 11 is 5.30. The average Bonchev–Trinajstić information content (AvgIpc) is 2.82. The number of nitrogens with zero attached hydrogens (tertiary/aromatic N) is 1.